The Morgan fingerprint density at radius 2 is 1.64 bits per heavy atom. The van der Waals surface area contributed by atoms with Crippen molar-refractivity contribution in [3.05, 3.63) is 77.4 Å². The molecule has 0 fully saturated rings. The van der Waals surface area contributed by atoms with Crippen LogP contribution in [0.4, 0.5) is 0 Å². The lowest BCUT2D eigenvalue weighted by Crippen LogP contribution is -2.23. The van der Waals surface area contributed by atoms with Crippen molar-refractivity contribution in [1.29, 1.82) is 0 Å². The van der Waals surface area contributed by atoms with Gasteiger partial charge in [0.1, 0.15) is 0 Å². The molecule has 0 radical (unpaired) electrons. The Morgan fingerprint density at radius 1 is 1.00 bits per heavy atom. The summed E-state index contributed by atoms with van der Waals surface area (Å²) in [4.78, 5) is 12.1. The molecule has 2 aromatic carbocycles. The molecule has 2 rings (SSSR count). The molecule has 0 aliphatic rings. The summed E-state index contributed by atoms with van der Waals surface area (Å²) in [6, 6.07) is 17.9. The summed E-state index contributed by atoms with van der Waals surface area (Å²) in [5.74, 6) is -0.0434. The zero-order chi connectivity index (χ0) is 16.0. The quantitative estimate of drug-likeness (QED) is 0.888. The number of hydrogen-bond acceptors (Lipinski definition) is 1. The Balaban J connectivity index is 1.89. The normalized spacial score (nSPS) is 11.6. The Labute approximate surface area is 132 Å². The standard InChI is InChI=1S/C20H23NO/c1-20(2,3)18-13-11-17(12-14-18)19(22)21-15-7-10-16-8-5-4-6-9-16/h4-14H,15H2,1-3H3,(H,21,22). The van der Waals surface area contributed by atoms with Crippen molar-refractivity contribution in [2.45, 2.75) is 26.2 Å². The fourth-order valence-electron chi connectivity index (χ4n) is 2.13. The summed E-state index contributed by atoms with van der Waals surface area (Å²) in [6.07, 6.45) is 3.96. The Hall–Kier alpha value is -2.35. The van der Waals surface area contributed by atoms with Crippen LogP contribution in [0, 0.1) is 0 Å². The molecule has 0 unspecified atom stereocenters. The van der Waals surface area contributed by atoms with Gasteiger partial charge in [0.15, 0.2) is 0 Å². The van der Waals surface area contributed by atoms with Crippen LogP contribution in [0.5, 0.6) is 0 Å². The van der Waals surface area contributed by atoms with Gasteiger partial charge in [-0.25, -0.2) is 0 Å². The van der Waals surface area contributed by atoms with Crippen molar-refractivity contribution < 1.29 is 4.79 Å². The fourth-order valence-corrected chi connectivity index (χ4v) is 2.13. The number of benzene rings is 2. The highest BCUT2D eigenvalue weighted by atomic mass is 16.1. The van der Waals surface area contributed by atoms with E-state index >= 15 is 0 Å². The first-order valence-corrected chi connectivity index (χ1v) is 7.57. The van der Waals surface area contributed by atoms with Gasteiger partial charge in [-0.15, -0.1) is 0 Å². The highest BCUT2D eigenvalue weighted by molar-refractivity contribution is 5.94. The first kappa shape index (κ1) is 16.0. The zero-order valence-corrected chi connectivity index (χ0v) is 13.5. The van der Waals surface area contributed by atoms with E-state index < -0.39 is 0 Å². The number of hydrogen-bond donors (Lipinski definition) is 1. The second kappa shape index (κ2) is 7.08. The van der Waals surface area contributed by atoms with Crippen molar-refractivity contribution in [1.82, 2.24) is 5.32 Å². The van der Waals surface area contributed by atoms with Crippen LogP contribution in [-0.2, 0) is 5.41 Å². The number of carbonyl (C=O) groups excluding carboxylic acids is 1. The summed E-state index contributed by atoms with van der Waals surface area (Å²) < 4.78 is 0. The minimum absolute atomic E-state index is 0.0434. The molecule has 0 aliphatic carbocycles. The van der Waals surface area contributed by atoms with Gasteiger partial charge < -0.3 is 5.32 Å². The molecule has 0 saturated carbocycles. The van der Waals surface area contributed by atoms with Gasteiger partial charge in [0, 0.05) is 12.1 Å². The number of carbonyl (C=O) groups is 1. The molecule has 2 heteroatoms. The summed E-state index contributed by atoms with van der Waals surface area (Å²) in [5, 5.41) is 2.90. The average molecular weight is 293 g/mol. The predicted molar refractivity (Wildman–Crippen MR) is 93.0 cm³/mol. The molecule has 0 heterocycles. The third-order valence-electron chi connectivity index (χ3n) is 3.50. The monoisotopic (exact) mass is 293 g/mol. The SMILES string of the molecule is CC(C)(C)c1ccc(C(=O)NCC=Cc2ccccc2)cc1. The summed E-state index contributed by atoms with van der Waals surface area (Å²) in [6.45, 7) is 7.01. The fraction of sp³-hybridized carbons (Fsp3) is 0.250. The molecule has 2 nitrogen and oxygen atoms in total. The van der Waals surface area contributed by atoms with Crippen molar-refractivity contribution in [2.75, 3.05) is 6.54 Å². The van der Waals surface area contributed by atoms with Crippen LogP contribution < -0.4 is 5.32 Å². The Bertz CT molecular complexity index is 634. The summed E-state index contributed by atoms with van der Waals surface area (Å²) in [7, 11) is 0. The van der Waals surface area contributed by atoms with Crippen LogP contribution >= 0.6 is 0 Å². The first-order valence-electron chi connectivity index (χ1n) is 7.57. The first-order chi connectivity index (χ1) is 10.5. The minimum Gasteiger partial charge on any atom is -0.349 e. The smallest absolute Gasteiger partial charge is 0.251 e. The molecule has 0 aromatic heterocycles. The summed E-state index contributed by atoms with van der Waals surface area (Å²) >= 11 is 0. The van der Waals surface area contributed by atoms with E-state index in [1.54, 1.807) is 0 Å². The molecule has 114 valence electrons. The predicted octanol–water partition coefficient (Wildman–Crippen LogP) is 4.43. The number of rotatable bonds is 4. The van der Waals surface area contributed by atoms with E-state index in [0.717, 1.165) is 5.56 Å². The van der Waals surface area contributed by atoms with Crippen LogP contribution in [-0.4, -0.2) is 12.5 Å². The van der Waals surface area contributed by atoms with Gasteiger partial charge in [-0.05, 0) is 28.7 Å². The third-order valence-corrected chi connectivity index (χ3v) is 3.50. The van der Waals surface area contributed by atoms with Crippen LogP contribution in [0.2, 0.25) is 0 Å². The molecule has 0 aliphatic heterocycles. The molecule has 0 spiro atoms. The number of nitrogens with one attached hydrogen (secondary N) is 1. The van der Waals surface area contributed by atoms with E-state index in [2.05, 4.69) is 26.1 Å². The van der Waals surface area contributed by atoms with E-state index in [4.69, 9.17) is 0 Å². The molecule has 0 saturated heterocycles. The maximum absolute atomic E-state index is 12.1. The van der Waals surface area contributed by atoms with E-state index in [1.165, 1.54) is 5.56 Å². The van der Waals surface area contributed by atoms with Crippen molar-refractivity contribution in [3.8, 4) is 0 Å². The van der Waals surface area contributed by atoms with Crippen molar-refractivity contribution in [2.24, 2.45) is 0 Å². The molecule has 1 amide bonds. The van der Waals surface area contributed by atoms with Gasteiger partial charge in [-0.1, -0.05) is 75.4 Å². The van der Waals surface area contributed by atoms with E-state index in [0.29, 0.717) is 12.1 Å². The summed E-state index contributed by atoms with van der Waals surface area (Å²) in [5.41, 5.74) is 3.16. The molecule has 0 bridgehead atoms. The molecule has 2 aromatic rings. The van der Waals surface area contributed by atoms with E-state index in [9.17, 15) is 4.79 Å². The van der Waals surface area contributed by atoms with Gasteiger partial charge in [0.2, 0.25) is 0 Å². The second-order valence-electron chi connectivity index (χ2n) is 6.35. The minimum atomic E-state index is -0.0434. The molecule has 22 heavy (non-hydrogen) atoms. The van der Waals surface area contributed by atoms with E-state index in [-0.39, 0.29) is 11.3 Å². The third kappa shape index (κ3) is 4.59. The van der Waals surface area contributed by atoms with Gasteiger partial charge in [-0.3, -0.25) is 4.79 Å². The Morgan fingerprint density at radius 3 is 2.23 bits per heavy atom. The lowest BCUT2D eigenvalue weighted by molar-refractivity contribution is 0.0958. The molecular formula is C20H23NO. The topological polar surface area (TPSA) is 29.1 Å². The highest BCUT2D eigenvalue weighted by Gasteiger charge is 2.13. The highest BCUT2D eigenvalue weighted by Crippen LogP contribution is 2.22. The maximum Gasteiger partial charge on any atom is 0.251 e. The van der Waals surface area contributed by atoms with E-state index in [1.807, 2.05) is 66.7 Å². The van der Waals surface area contributed by atoms with Crippen LogP contribution in [0.1, 0.15) is 42.3 Å². The van der Waals surface area contributed by atoms with Gasteiger partial charge >= 0.3 is 0 Å². The average Bonchev–Trinajstić information content (AvgIpc) is 2.52. The molecule has 0 atom stereocenters. The molecular weight excluding hydrogens is 270 g/mol. The lowest BCUT2D eigenvalue weighted by atomic mass is 9.87. The van der Waals surface area contributed by atoms with Crippen molar-refractivity contribution >= 4 is 12.0 Å². The van der Waals surface area contributed by atoms with Crippen LogP contribution in [0.15, 0.2) is 60.7 Å². The zero-order valence-electron chi connectivity index (χ0n) is 13.5. The van der Waals surface area contributed by atoms with Crippen LogP contribution in [0.3, 0.4) is 0 Å². The van der Waals surface area contributed by atoms with Crippen LogP contribution in [0.25, 0.3) is 6.08 Å². The van der Waals surface area contributed by atoms with Gasteiger partial charge in [-0.2, -0.15) is 0 Å². The lowest BCUT2D eigenvalue weighted by Gasteiger charge is -2.19. The number of amides is 1. The largest absolute Gasteiger partial charge is 0.349 e. The maximum atomic E-state index is 12.1. The van der Waals surface area contributed by atoms with Crippen molar-refractivity contribution in [3.63, 3.8) is 0 Å². The second-order valence-corrected chi connectivity index (χ2v) is 6.35. The van der Waals surface area contributed by atoms with Gasteiger partial charge in [0.05, 0.1) is 0 Å². The van der Waals surface area contributed by atoms with Gasteiger partial charge in [0.25, 0.3) is 5.91 Å². The Kier molecular flexibility index (Phi) is 5.16. The molecule has 1 N–H and O–H groups in total.